The summed E-state index contributed by atoms with van der Waals surface area (Å²) in [6, 6.07) is 6.45. The number of hydrogen-bond acceptors (Lipinski definition) is 2. The number of likely N-dealkylation sites (N-methyl/N-ethyl adjacent to an activating group) is 1. The number of ether oxygens (including phenoxy) is 1. The van der Waals surface area contributed by atoms with E-state index in [1.54, 1.807) is 0 Å². The van der Waals surface area contributed by atoms with E-state index < -0.39 is 0 Å². The molecule has 0 bridgehead atoms. The van der Waals surface area contributed by atoms with Gasteiger partial charge in [0.2, 0.25) is 0 Å². The second kappa shape index (κ2) is 6.54. The maximum Gasteiger partial charge on any atom is 0.122 e. The first-order valence-corrected chi connectivity index (χ1v) is 6.10. The van der Waals surface area contributed by atoms with Gasteiger partial charge < -0.3 is 10.1 Å². The average molecular weight is 221 g/mol. The predicted molar refractivity (Wildman–Crippen MR) is 69.2 cm³/mol. The van der Waals surface area contributed by atoms with E-state index in [1.807, 2.05) is 0 Å². The lowest BCUT2D eigenvalue weighted by molar-refractivity contribution is 0.240. The van der Waals surface area contributed by atoms with Crippen molar-refractivity contribution in [3.63, 3.8) is 0 Å². The molecule has 0 radical (unpaired) electrons. The average Bonchev–Trinajstić information content (AvgIpc) is 2.22. The van der Waals surface area contributed by atoms with Gasteiger partial charge in [0.15, 0.2) is 0 Å². The quantitative estimate of drug-likeness (QED) is 0.746. The van der Waals surface area contributed by atoms with Gasteiger partial charge in [0.1, 0.15) is 5.75 Å². The Labute approximate surface area is 99.0 Å². The van der Waals surface area contributed by atoms with Crippen molar-refractivity contribution in [3.05, 3.63) is 29.3 Å². The Balaban J connectivity index is 2.60. The minimum Gasteiger partial charge on any atom is -0.491 e. The molecular weight excluding hydrogens is 198 g/mol. The molecular formula is C14H23NO. The molecule has 1 rings (SSSR count). The van der Waals surface area contributed by atoms with Crippen molar-refractivity contribution < 1.29 is 4.74 Å². The van der Waals surface area contributed by atoms with Gasteiger partial charge in [-0.15, -0.1) is 0 Å². The van der Waals surface area contributed by atoms with Crippen molar-refractivity contribution in [2.75, 3.05) is 13.1 Å². The first kappa shape index (κ1) is 13.0. The van der Waals surface area contributed by atoms with Crippen molar-refractivity contribution in [2.24, 2.45) is 0 Å². The van der Waals surface area contributed by atoms with Crippen molar-refractivity contribution in [3.8, 4) is 5.75 Å². The maximum absolute atomic E-state index is 5.71. The highest BCUT2D eigenvalue weighted by atomic mass is 16.5. The summed E-state index contributed by atoms with van der Waals surface area (Å²) in [5, 5.41) is 3.33. The molecule has 0 saturated carbocycles. The van der Waals surface area contributed by atoms with Gasteiger partial charge in [0.25, 0.3) is 0 Å². The maximum atomic E-state index is 5.71. The van der Waals surface area contributed by atoms with Gasteiger partial charge in [-0.25, -0.2) is 0 Å². The summed E-state index contributed by atoms with van der Waals surface area (Å²) < 4.78 is 5.71. The van der Waals surface area contributed by atoms with Gasteiger partial charge in [-0.1, -0.05) is 19.1 Å². The topological polar surface area (TPSA) is 21.3 Å². The number of benzene rings is 1. The summed E-state index contributed by atoms with van der Waals surface area (Å²) in [7, 11) is 0. The Hall–Kier alpha value is -1.02. The Morgan fingerprint density at radius 2 is 2.06 bits per heavy atom. The van der Waals surface area contributed by atoms with Crippen LogP contribution in [0.3, 0.4) is 0 Å². The Morgan fingerprint density at radius 3 is 2.62 bits per heavy atom. The minimum atomic E-state index is 0.242. The van der Waals surface area contributed by atoms with Crippen molar-refractivity contribution >= 4 is 0 Å². The number of nitrogens with one attached hydrogen (secondary N) is 1. The molecule has 1 aromatic rings. The van der Waals surface area contributed by atoms with E-state index in [4.69, 9.17) is 4.74 Å². The van der Waals surface area contributed by atoms with Crippen LogP contribution in [0.1, 0.15) is 31.9 Å². The zero-order valence-corrected chi connectivity index (χ0v) is 10.8. The predicted octanol–water partition coefficient (Wildman–Crippen LogP) is 2.93. The standard InChI is InChI=1S/C14H23NO/c1-5-15-9-8-13-6-7-14(12(4)10-13)16-11(2)3/h6-7,10-11,15H,5,8-9H2,1-4H3. The van der Waals surface area contributed by atoms with Crippen LogP contribution < -0.4 is 10.1 Å². The van der Waals surface area contributed by atoms with Crippen molar-refractivity contribution in [1.82, 2.24) is 5.32 Å². The van der Waals surface area contributed by atoms with E-state index in [1.165, 1.54) is 11.1 Å². The molecule has 0 unspecified atom stereocenters. The lowest BCUT2D eigenvalue weighted by Gasteiger charge is -2.13. The summed E-state index contributed by atoms with van der Waals surface area (Å²) in [4.78, 5) is 0. The zero-order chi connectivity index (χ0) is 12.0. The molecule has 1 aromatic carbocycles. The Morgan fingerprint density at radius 1 is 1.31 bits per heavy atom. The second-order valence-electron chi connectivity index (χ2n) is 4.37. The summed E-state index contributed by atoms with van der Waals surface area (Å²) in [5.41, 5.74) is 2.59. The molecule has 2 nitrogen and oxygen atoms in total. The molecule has 0 aliphatic rings. The Kier molecular flexibility index (Phi) is 5.33. The van der Waals surface area contributed by atoms with Crippen molar-refractivity contribution in [2.45, 2.75) is 40.2 Å². The van der Waals surface area contributed by atoms with E-state index in [2.05, 4.69) is 51.2 Å². The molecule has 0 amide bonds. The normalized spacial score (nSPS) is 10.8. The monoisotopic (exact) mass is 221 g/mol. The highest BCUT2D eigenvalue weighted by molar-refractivity contribution is 5.36. The second-order valence-corrected chi connectivity index (χ2v) is 4.37. The molecule has 0 saturated heterocycles. The summed E-state index contributed by atoms with van der Waals surface area (Å²) in [6.07, 6.45) is 1.32. The third kappa shape index (κ3) is 4.23. The third-order valence-electron chi connectivity index (χ3n) is 2.44. The highest BCUT2D eigenvalue weighted by Crippen LogP contribution is 2.20. The fourth-order valence-corrected chi connectivity index (χ4v) is 1.66. The third-order valence-corrected chi connectivity index (χ3v) is 2.44. The van der Waals surface area contributed by atoms with Crippen molar-refractivity contribution in [1.29, 1.82) is 0 Å². The molecule has 1 N–H and O–H groups in total. The number of hydrogen-bond donors (Lipinski definition) is 1. The molecule has 2 heteroatoms. The van der Waals surface area contributed by atoms with Gasteiger partial charge in [0.05, 0.1) is 6.10 Å². The lowest BCUT2D eigenvalue weighted by Crippen LogP contribution is -2.16. The van der Waals surface area contributed by atoms with Crippen LogP contribution in [-0.4, -0.2) is 19.2 Å². The van der Waals surface area contributed by atoms with E-state index in [9.17, 15) is 0 Å². The summed E-state index contributed by atoms with van der Waals surface area (Å²) in [6.45, 7) is 10.4. The SMILES string of the molecule is CCNCCc1ccc(OC(C)C)c(C)c1. The molecule has 0 aromatic heterocycles. The number of aryl methyl sites for hydroxylation is 1. The van der Waals surface area contributed by atoms with Gasteiger partial charge in [-0.3, -0.25) is 0 Å². The van der Waals surface area contributed by atoms with Crippen LogP contribution in [0.4, 0.5) is 0 Å². The molecule has 0 aliphatic carbocycles. The molecule has 0 spiro atoms. The van der Waals surface area contributed by atoms with Crippen LogP contribution in [-0.2, 0) is 6.42 Å². The fraction of sp³-hybridized carbons (Fsp3) is 0.571. The highest BCUT2D eigenvalue weighted by Gasteiger charge is 2.03. The van der Waals surface area contributed by atoms with Gasteiger partial charge in [0, 0.05) is 0 Å². The summed E-state index contributed by atoms with van der Waals surface area (Å²) >= 11 is 0. The van der Waals surface area contributed by atoms with Crippen LogP contribution in [0.15, 0.2) is 18.2 Å². The van der Waals surface area contributed by atoms with E-state index >= 15 is 0 Å². The van der Waals surface area contributed by atoms with Crippen LogP contribution in [0, 0.1) is 6.92 Å². The molecule has 0 fully saturated rings. The van der Waals surface area contributed by atoms with Gasteiger partial charge >= 0.3 is 0 Å². The Bertz CT molecular complexity index is 321. The van der Waals surface area contributed by atoms with Crippen LogP contribution in [0.25, 0.3) is 0 Å². The van der Waals surface area contributed by atoms with Gasteiger partial charge in [-0.05, 0) is 57.5 Å². The van der Waals surface area contributed by atoms with Crippen LogP contribution in [0.2, 0.25) is 0 Å². The fourth-order valence-electron chi connectivity index (χ4n) is 1.66. The molecule has 0 aliphatic heterocycles. The molecule has 90 valence electrons. The van der Waals surface area contributed by atoms with E-state index in [0.29, 0.717) is 0 Å². The molecule has 0 heterocycles. The van der Waals surface area contributed by atoms with Crippen LogP contribution in [0.5, 0.6) is 5.75 Å². The zero-order valence-electron chi connectivity index (χ0n) is 10.8. The first-order chi connectivity index (χ1) is 7.63. The smallest absolute Gasteiger partial charge is 0.122 e. The van der Waals surface area contributed by atoms with E-state index in [-0.39, 0.29) is 6.10 Å². The lowest BCUT2D eigenvalue weighted by atomic mass is 10.1. The largest absolute Gasteiger partial charge is 0.491 e. The van der Waals surface area contributed by atoms with E-state index in [0.717, 1.165) is 25.3 Å². The van der Waals surface area contributed by atoms with Gasteiger partial charge in [-0.2, -0.15) is 0 Å². The summed E-state index contributed by atoms with van der Waals surface area (Å²) in [5.74, 6) is 1.00. The molecule has 16 heavy (non-hydrogen) atoms. The number of rotatable bonds is 6. The first-order valence-electron chi connectivity index (χ1n) is 6.10. The van der Waals surface area contributed by atoms with Crippen LogP contribution >= 0.6 is 0 Å². The molecule has 0 atom stereocenters. The minimum absolute atomic E-state index is 0.242.